The number of hydrogen-bond donors (Lipinski definition) is 0. The number of benzene rings is 1. The van der Waals surface area contributed by atoms with Gasteiger partial charge in [0.1, 0.15) is 23.3 Å². The summed E-state index contributed by atoms with van der Waals surface area (Å²) in [5, 5.41) is 9.05. The number of aryl methyl sites for hydroxylation is 1. The lowest BCUT2D eigenvalue weighted by Gasteiger charge is -2.23. The number of carbonyl (C=O) groups excluding carboxylic acids is 1. The van der Waals surface area contributed by atoms with Crippen LogP contribution in [-0.2, 0) is 4.79 Å². The van der Waals surface area contributed by atoms with Gasteiger partial charge in [-0.05, 0) is 44.0 Å². The minimum atomic E-state index is -0.0886. The van der Waals surface area contributed by atoms with Gasteiger partial charge in [0.2, 0.25) is 0 Å². The van der Waals surface area contributed by atoms with Gasteiger partial charge in [-0.1, -0.05) is 12.1 Å². The Kier molecular flexibility index (Phi) is 4.33. The Hall–Kier alpha value is -2.74. The fraction of sp³-hybridized carbons (Fsp3) is 0.333. The van der Waals surface area contributed by atoms with Gasteiger partial charge in [-0.25, -0.2) is 0 Å². The summed E-state index contributed by atoms with van der Waals surface area (Å²) in [5.41, 5.74) is 0.430. The van der Waals surface area contributed by atoms with Gasteiger partial charge >= 0.3 is 0 Å². The van der Waals surface area contributed by atoms with Crippen molar-refractivity contribution in [2.75, 3.05) is 13.2 Å². The van der Waals surface area contributed by atoms with Gasteiger partial charge in [0.15, 0.2) is 6.61 Å². The van der Waals surface area contributed by atoms with Gasteiger partial charge in [0.25, 0.3) is 5.91 Å². The lowest BCUT2D eigenvalue weighted by molar-refractivity contribution is -0.134. The Morgan fingerprint density at radius 1 is 1.39 bits per heavy atom. The van der Waals surface area contributed by atoms with E-state index in [2.05, 4.69) is 6.07 Å². The Morgan fingerprint density at radius 2 is 2.22 bits per heavy atom. The summed E-state index contributed by atoms with van der Waals surface area (Å²) in [6.07, 6.45) is 1.85. The fourth-order valence-corrected chi connectivity index (χ4v) is 2.90. The van der Waals surface area contributed by atoms with Crippen molar-refractivity contribution in [1.82, 2.24) is 4.90 Å². The molecule has 2 heterocycles. The lowest BCUT2D eigenvalue weighted by atomic mass is 10.1. The number of carbonyl (C=O) groups is 1. The first-order valence-corrected chi connectivity index (χ1v) is 7.67. The molecular weight excluding hydrogens is 292 g/mol. The second-order valence-corrected chi connectivity index (χ2v) is 5.59. The summed E-state index contributed by atoms with van der Waals surface area (Å²) in [6.45, 7) is 2.52. The van der Waals surface area contributed by atoms with Crippen LogP contribution >= 0.6 is 0 Å². The summed E-state index contributed by atoms with van der Waals surface area (Å²) in [4.78, 5) is 14.3. The van der Waals surface area contributed by atoms with Crippen LogP contribution in [0.15, 0.2) is 40.8 Å². The number of nitriles is 1. The minimum absolute atomic E-state index is 0.0222. The fourth-order valence-electron chi connectivity index (χ4n) is 2.90. The number of nitrogens with zero attached hydrogens (tertiary/aromatic N) is 2. The molecule has 0 unspecified atom stereocenters. The van der Waals surface area contributed by atoms with E-state index in [1.807, 2.05) is 19.1 Å². The molecule has 0 radical (unpaired) electrons. The third-order valence-electron chi connectivity index (χ3n) is 4.02. The van der Waals surface area contributed by atoms with Crippen LogP contribution in [0.5, 0.6) is 5.75 Å². The van der Waals surface area contributed by atoms with E-state index in [0.29, 0.717) is 17.9 Å². The molecule has 0 saturated carbocycles. The molecule has 1 aromatic carbocycles. The lowest BCUT2D eigenvalue weighted by Crippen LogP contribution is -2.34. The molecule has 1 atom stereocenters. The van der Waals surface area contributed by atoms with E-state index in [0.717, 1.165) is 24.4 Å². The second-order valence-electron chi connectivity index (χ2n) is 5.59. The standard InChI is InChI=1S/C18H18N2O3/c1-13-8-9-17(23-13)15-6-4-10-20(15)18(21)12-22-16-7-3-2-5-14(16)11-19/h2-3,5,7-9,15H,4,6,10,12H2,1H3/t15-/m1/s1. The first kappa shape index (κ1) is 15.2. The highest BCUT2D eigenvalue weighted by atomic mass is 16.5. The van der Waals surface area contributed by atoms with Gasteiger partial charge < -0.3 is 14.1 Å². The average molecular weight is 310 g/mol. The predicted molar refractivity (Wildman–Crippen MR) is 83.8 cm³/mol. The van der Waals surface area contributed by atoms with Crippen molar-refractivity contribution in [2.24, 2.45) is 0 Å². The van der Waals surface area contributed by atoms with Crippen LogP contribution in [-0.4, -0.2) is 24.0 Å². The van der Waals surface area contributed by atoms with E-state index >= 15 is 0 Å². The van der Waals surface area contributed by atoms with Gasteiger partial charge in [-0.2, -0.15) is 5.26 Å². The monoisotopic (exact) mass is 310 g/mol. The van der Waals surface area contributed by atoms with E-state index in [1.54, 1.807) is 29.2 Å². The van der Waals surface area contributed by atoms with E-state index in [1.165, 1.54) is 0 Å². The summed E-state index contributed by atoms with van der Waals surface area (Å²) >= 11 is 0. The summed E-state index contributed by atoms with van der Waals surface area (Å²) in [6, 6.07) is 12.8. The third kappa shape index (κ3) is 3.21. The van der Waals surface area contributed by atoms with Crippen molar-refractivity contribution in [3.05, 3.63) is 53.5 Å². The summed E-state index contributed by atoms with van der Waals surface area (Å²) in [7, 11) is 0. The number of amides is 1. The molecular formula is C18H18N2O3. The highest BCUT2D eigenvalue weighted by Gasteiger charge is 2.32. The van der Waals surface area contributed by atoms with E-state index in [-0.39, 0.29) is 18.6 Å². The smallest absolute Gasteiger partial charge is 0.261 e. The number of furan rings is 1. The van der Waals surface area contributed by atoms with Crippen LogP contribution in [0, 0.1) is 18.3 Å². The van der Waals surface area contributed by atoms with Gasteiger partial charge in [-0.3, -0.25) is 4.79 Å². The van der Waals surface area contributed by atoms with Crippen LogP contribution in [0.1, 0.15) is 36.0 Å². The van der Waals surface area contributed by atoms with E-state index in [9.17, 15) is 4.79 Å². The highest BCUT2D eigenvalue weighted by molar-refractivity contribution is 5.78. The zero-order chi connectivity index (χ0) is 16.2. The maximum atomic E-state index is 12.5. The number of rotatable bonds is 4. The van der Waals surface area contributed by atoms with Crippen molar-refractivity contribution in [1.29, 1.82) is 5.26 Å². The molecule has 0 aliphatic carbocycles. The molecule has 1 aliphatic heterocycles. The van der Waals surface area contributed by atoms with Gasteiger partial charge in [0, 0.05) is 6.54 Å². The molecule has 1 fully saturated rings. The molecule has 0 N–H and O–H groups in total. The normalized spacial score (nSPS) is 17.0. The Bertz CT molecular complexity index is 745. The Morgan fingerprint density at radius 3 is 2.96 bits per heavy atom. The molecule has 118 valence electrons. The zero-order valence-electron chi connectivity index (χ0n) is 13.0. The molecule has 5 nitrogen and oxygen atoms in total. The first-order valence-electron chi connectivity index (χ1n) is 7.67. The molecule has 1 aliphatic rings. The quantitative estimate of drug-likeness (QED) is 0.869. The zero-order valence-corrected chi connectivity index (χ0v) is 13.0. The molecule has 2 aromatic rings. The molecule has 1 aromatic heterocycles. The molecule has 5 heteroatoms. The molecule has 3 rings (SSSR count). The first-order chi connectivity index (χ1) is 11.2. The Balaban J connectivity index is 1.67. The van der Waals surface area contributed by atoms with Crippen LogP contribution in [0.4, 0.5) is 0 Å². The Labute approximate surface area is 135 Å². The van der Waals surface area contributed by atoms with E-state index < -0.39 is 0 Å². The number of likely N-dealkylation sites (tertiary alicyclic amines) is 1. The van der Waals surface area contributed by atoms with Gasteiger partial charge in [0.05, 0.1) is 11.6 Å². The topological polar surface area (TPSA) is 66.5 Å². The number of hydrogen-bond acceptors (Lipinski definition) is 4. The number of para-hydroxylation sites is 1. The molecule has 23 heavy (non-hydrogen) atoms. The maximum absolute atomic E-state index is 12.5. The predicted octanol–water partition coefficient (Wildman–Crippen LogP) is 3.20. The van der Waals surface area contributed by atoms with Crippen molar-refractivity contribution in [3.8, 4) is 11.8 Å². The van der Waals surface area contributed by atoms with Crippen molar-refractivity contribution in [3.63, 3.8) is 0 Å². The maximum Gasteiger partial charge on any atom is 0.261 e. The highest BCUT2D eigenvalue weighted by Crippen LogP contribution is 2.33. The molecule has 1 amide bonds. The van der Waals surface area contributed by atoms with Crippen LogP contribution in [0.25, 0.3) is 0 Å². The summed E-state index contributed by atoms with van der Waals surface area (Å²) in [5.74, 6) is 2.02. The van der Waals surface area contributed by atoms with Crippen LogP contribution in [0.3, 0.4) is 0 Å². The minimum Gasteiger partial charge on any atom is -0.482 e. The van der Waals surface area contributed by atoms with Crippen LogP contribution in [0.2, 0.25) is 0 Å². The van der Waals surface area contributed by atoms with E-state index in [4.69, 9.17) is 14.4 Å². The van der Waals surface area contributed by atoms with Crippen molar-refractivity contribution in [2.45, 2.75) is 25.8 Å². The van der Waals surface area contributed by atoms with Crippen LogP contribution < -0.4 is 4.74 Å². The molecule has 0 bridgehead atoms. The average Bonchev–Trinajstić information content (AvgIpc) is 3.21. The van der Waals surface area contributed by atoms with Crippen molar-refractivity contribution < 1.29 is 13.9 Å². The second kappa shape index (κ2) is 6.57. The molecule has 0 spiro atoms. The summed E-state index contributed by atoms with van der Waals surface area (Å²) < 4.78 is 11.2. The molecule has 1 saturated heterocycles. The number of ether oxygens (including phenoxy) is 1. The van der Waals surface area contributed by atoms with Gasteiger partial charge in [-0.15, -0.1) is 0 Å². The van der Waals surface area contributed by atoms with Crippen molar-refractivity contribution >= 4 is 5.91 Å². The largest absolute Gasteiger partial charge is 0.482 e. The SMILES string of the molecule is Cc1ccc([C@H]2CCCN2C(=O)COc2ccccc2C#N)o1. The third-order valence-corrected chi connectivity index (χ3v) is 4.02.